The molecule has 0 aliphatic rings. The minimum atomic E-state index is -0.303. The highest BCUT2D eigenvalue weighted by Crippen LogP contribution is 2.11. The van der Waals surface area contributed by atoms with Gasteiger partial charge in [-0.1, -0.05) is 39.8 Å². The van der Waals surface area contributed by atoms with Gasteiger partial charge < -0.3 is 15.4 Å². The number of carbonyl (C=O) groups excluding carboxylic acids is 2. The van der Waals surface area contributed by atoms with Crippen LogP contribution in [0.4, 0.5) is 5.69 Å². The molecular formula is C18H30N2O3. The van der Waals surface area contributed by atoms with Crippen LogP contribution >= 0.6 is 0 Å². The van der Waals surface area contributed by atoms with E-state index in [0.717, 1.165) is 24.2 Å². The van der Waals surface area contributed by atoms with Crippen LogP contribution in [0.15, 0.2) is 24.3 Å². The summed E-state index contributed by atoms with van der Waals surface area (Å²) < 4.78 is 4.90. The second-order valence-electron chi connectivity index (χ2n) is 5.24. The SMILES string of the molecule is CC.CC(=O)OCc1ccc(NC(=O)CCCNC(C)C)cc1. The second-order valence-corrected chi connectivity index (χ2v) is 5.24. The molecule has 1 aromatic carbocycles. The lowest BCUT2D eigenvalue weighted by Gasteiger charge is -2.09. The molecule has 0 saturated heterocycles. The van der Waals surface area contributed by atoms with E-state index in [4.69, 9.17) is 4.74 Å². The van der Waals surface area contributed by atoms with Crippen molar-refractivity contribution in [1.29, 1.82) is 0 Å². The first-order valence-corrected chi connectivity index (χ1v) is 8.23. The Morgan fingerprint density at radius 1 is 1.13 bits per heavy atom. The summed E-state index contributed by atoms with van der Waals surface area (Å²) in [6, 6.07) is 7.72. The molecule has 0 saturated carbocycles. The highest BCUT2D eigenvalue weighted by Gasteiger charge is 2.03. The zero-order chi connectivity index (χ0) is 17.7. The Balaban J connectivity index is 0.00000232. The fourth-order valence-corrected chi connectivity index (χ4v) is 1.73. The highest BCUT2D eigenvalue weighted by molar-refractivity contribution is 5.90. The van der Waals surface area contributed by atoms with E-state index in [1.807, 2.05) is 38.1 Å². The van der Waals surface area contributed by atoms with Crippen LogP contribution < -0.4 is 10.6 Å². The molecule has 0 spiro atoms. The van der Waals surface area contributed by atoms with Crippen LogP contribution in [0, 0.1) is 0 Å². The van der Waals surface area contributed by atoms with Crippen LogP contribution in [0.1, 0.15) is 53.0 Å². The number of nitrogens with one attached hydrogen (secondary N) is 2. The zero-order valence-electron chi connectivity index (χ0n) is 14.9. The number of ether oxygens (including phenoxy) is 1. The predicted octanol–water partition coefficient (Wildman–Crippen LogP) is 3.49. The molecule has 0 aliphatic heterocycles. The number of esters is 1. The number of anilines is 1. The fraction of sp³-hybridized carbons (Fsp3) is 0.556. The van der Waals surface area contributed by atoms with Crippen molar-refractivity contribution in [3.05, 3.63) is 29.8 Å². The first kappa shape index (κ1) is 21.1. The minimum Gasteiger partial charge on any atom is -0.461 e. The van der Waals surface area contributed by atoms with Crippen molar-refractivity contribution in [2.75, 3.05) is 11.9 Å². The molecule has 0 radical (unpaired) electrons. The summed E-state index contributed by atoms with van der Waals surface area (Å²) in [5.74, 6) is -0.296. The smallest absolute Gasteiger partial charge is 0.302 e. The van der Waals surface area contributed by atoms with Crippen molar-refractivity contribution in [2.45, 2.75) is 60.1 Å². The number of benzene rings is 1. The third-order valence-electron chi connectivity index (χ3n) is 2.81. The van der Waals surface area contributed by atoms with E-state index in [2.05, 4.69) is 24.5 Å². The lowest BCUT2D eigenvalue weighted by Crippen LogP contribution is -2.24. The Labute approximate surface area is 139 Å². The van der Waals surface area contributed by atoms with Crippen molar-refractivity contribution in [3.8, 4) is 0 Å². The number of carbonyl (C=O) groups is 2. The monoisotopic (exact) mass is 322 g/mol. The minimum absolute atomic E-state index is 0.00768. The fourth-order valence-electron chi connectivity index (χ4n) is 1.73. The van der Waals surface area contributed by atoms with E-state index < -0.39 is 0 Å². The largest absolute Gasteiger partial charge is 0.461 e. The topological polar surface area (TPSA) is 67.4 Å². The van der Waals surface area contributed by atoms with Crippen LogP contribution in [0.2, 0.25) is 0 Å². The van der Waals surface area contributed by atoms with Gasteiger partial charge in [-0.05, 0) is 30.7 Å². The van der Waals surface area contributed by atoms with Gasteiger partial charge in [-0.2, -0.15) is 0 Å². The van der Waals surface area contributed by atoms with Crippen molar-refractivity contribution >= 4 is 17.6 Å². The molecule has 5 nitrogen and oxygen atoms in total. The molecule has 2 N–H and O–H groups in total. The first-order chi connectivity index (χ1) is 11.0. The Hall–Kier alpha value is -1.88. The molecule has 130 valence electrons. The van der Waals surface area contributed by atoms with Crippen LogP contribution in [-0.4, -0.2) is 24.5 Å². The number of rotatable bonds is 8. The van der Waals surface area contributed by atoms with Gasteiger partial charge in [-0.15, -0.1) is 0 Å². The van der Waals surface area contributed by atoms with Crippen LogP contribution in [0.25, 0.3) is 0 Å². The summed E-state index contributed by atoms with van der Waals surface area (Å²) >= 11 is 0. The Bertz CT molecular complexity index is 456. The quantitative estimate of drug-likeness (QED) is 0.568. The van der Waals surface area contributed by atoms with Crippen molar-refractivity contribution in [2.24, 2.45) is 0 Å². The molecule has 0 bridgehead atoms. The standard InChI is InChI=1S/C16H24N2O3.C2H6/c1-12(2)17-10-4-5-16(20)18-15-8-6-14(7-9-15)11-21-13(3)19;1-2/h6-9,12,17H,4-5,10-11H2,1-3H3,(H,18,20);1-2H3. The summed E-state index contributed by atoms with van der Waals surface area (Å²) in [7, 11) is 0. The lowest BCUT2D eigenvalue weighted by molar-refractivity contribution is -0.142. The van der Waals surface area contributed by atoms with E-state index in [1.54, 1.807) is 0 Å². The lowest BCUT2D eigenvalue weighted by atomic mass is 10.2. The predicted molar refractivity (Wildman–Crippen MR) is 94.3 cm³/mol. The maximum atomic E-state index is 11.7. The maximum absolute atomic E-state index is 11.7. The normalized spacial score (nSPS) is 9.83. The van der Waals surface area contributed by atoms with Gasteiger partial charge in [0, 0.05) is 25.1 Å². The Morgan fingerprint density at radius 3 is 2.26 bits per heavy atom. The third kappa shape index (κ3) is 11.4. The van der Waals surface area contributed by atoms with Gasteiger partial charge in [0.25, 0.3) is 0 Å². The molecule has 5 heteroatoms. The molecule has 0 fully saturated rings. The summed E-state index contributed by atoms with van der Waals surface area (Å²) in [4.78, 5) is 22.5. The third-order valence-corrected chi connectivity index (χ3v) is 2.81. The van der Waals surface area contributed by atoms with Gasteiger partial charge in [0.05, 0.1) is 0 Å². The van der Waals surface area contributed by atoms with E-state index in [1.165, 1.54) is 6.92 Å². The van der Waals surface area contributed by atoms with Gasteiger partial charge >= 0.3 is 5.97 Å². The highest BCUT2D eigenvalue weighted by atomic mass is 16.5. The summed E-state index contributed by atoms with van der Waals surface area (Å²) in [5.41, 5.74) is 1.65. The molecule has 0 unspecified atom stereocenters. The van der Waals surface area contributed by atoms with Crippen LogP contribution in [0.3, 0.4) is 0 Å². The summed E-state index contributed by atoms with van der Waals surface area (Å²) in [6.45, 7) is 10.6. The second kappa shape index (κ2) is 12.6. The average Bonchev–Trinajstić information content (AvgIpc) is 2.52. The van der Waals surface area contributed by atoms with Crippen molar-refractivity contribution in [1.82, 2.24) is 5.32 Å². The number of hydrogen-bond acceptors (Lipinski definition) is 4. The van der Waals surface area contributed by atoms with E-state index in [9.17, 15) is 9.59 Å². The zero-order valence-corrected chi connectivity index (χ0v) is 14.9. The summed E-state index contributed by atoms with van der Waals surface area (Å²) in [6.07, 6.45) is 1.31. The van der Waals surface area contributed by atoms with Gasteiger partial charge in [0.15, 0.2) is 0 Å². The van der Waals surface area contributed by atoms with Gasteiger partial charge in [-0.25, -0.2) is 0 Å². The summed E-state index contributed by atoms with van der Waals surface area (Å²) in [5, 5.41) is 6.12. The Kier molecular flexibility index (Phi) is 11.6. The van der Waals surface area contributed by atoms with Gasteiger partial charge in [-0.3, -0.25) is 9.59 Å². The van der Waals surface area contributed by atoms with E-state index in [0.29, 0.717) is 12.5 Å². The first-order valence-electron chi connectivity index (χ1n) is 8.23. The molecule has 0 heterocycles. The molecule has 0 atom stereocenters. The molecular weight excluding hydrogens is 292 g/mol. The number of amides is 1. The molecule has 1 aromatic rings. The Morgan fingerprint density at radius 2 is 1.74 bits per heavy atom. The van der Waals surface area contributed by atoms with Crippen molar-refractivity contribution < 1.29 is 14.3 Å². The molecule has 1 rings (SSSR count). The van der Waals surface area contributed by atoms with Gasteiger partial charge in [0.1, 0.15) is 6.61 Å². The van der Waals surface area contributed by atoms with Crippen LogP contribution in [0.5, 0.6) is 0 Å². The average molecular weight is 322 g/mol. The van der Waals surface area contributed by atoms with Gasteiger partial charge in [0.2, 0.25) is 5.91 Å². The van der Waals surface area contributed by atoms with Crippen molar-refractivity contribution in [3.63, 3.8) is 0 Å². The molecule has 23 heavy (non-hydrogen) atoms. The molecule has 0 aliphatic carbocycles. The van der Waals surface area contributed by atoms with E-state index in [-0.39, 0.29) is 18.5 Å². The molecule has 0 aromatic heterocycles. The molecule has 1 amide bonds. The maximum Gasteiger partial charge on any atom is 0.302 e. The van der Waals surface area contributed by atoms with E-state index >= 15 is 0 Å². The van der Waals surface area contributed by atoms with Crippen LogP contribution in [-0.2, 0) is 20.9 Å². The number of hydrogen-bond donors (Lipinski definition) is 2.